The van der Waals surface area contributed by atoms with Crippen LogP contribution in [-0.2, 0) is 10.8 Å². The van der Waals surface area contributed by atoms with Gasteiger partial charge in [-0.15, -0.1) is 25.3 Å². The second kappa shape index (κ2) is 8.41. The molecule has 1 aliphatic rings. The number of rotatable bonds is 5. The van der Waals surface area contributed by atoms with E-state index in [4.69, 9.17) is 22.8 Å². The van der Waals surface area contributed by atoms with E-state index in [0.29, 0.717) is 0 Å². The van der Waals surface area contributed by atoms with E-state index in [1.54, 1.807) is 0 Å². The van der Waals surface area contributed by atoms with Gasteiger partial charge in [-0.05, 0) is 63.1 Å². The number of hydrogen-bond donors (Lipinski definition) is 2. The number of benzene rings is 2. The molecule has 0 atom stereocenters. The zero-order valence-corrected chi connectivity index (χ0v) is 21.2. The standard InChI is InChI=1S/C27H30N4S2/c1-26(2,23-14-17-30(28-23)19-10-4-6-12-21(19)32)24-18-25(27(3)15-8-9-16-27)31(29-24)20-11-5-7-13-22(20)33/h4-7,10-14,17-18,32-33H,8-9,15-16H2,1-3H3. The molecule has 0 unspecified atom stereocenters. The van der Waals surface area contributed by atoms with Gasteiger partial charge >= 0.3 is 0 Å². The maximum atomic E-state index is 5.18. The minimum atomic E-state index is -0.364. The van der Waals surface area contributed by atoms with Crippen molar-refractivity contribution < 1.29 is 0 Å². The third-order valence-corrected chi connectivity index (χ3v) is 7.90. The molecule has 0 aliphatic heterocycles. The lowest BCUT2D eigenvalue weighted by atomic mass is 9.81. The fraction of sp³-hybridized carbons (Fsp3) is 0.333. The number of thiol groups is 2. The smallest absolute Gasteiger partial charge is 0.0782 e. The van der Waals surface area contributed by atoms with Crippen molar-refractivity contribution in [1.82, 2.24) is 19.6 Å². The van der Waals surface area contributed by atoms with E-state index in [1.165, 1.54) is 31.4 Å². The number of nitrogens with zero attached hydrogens (tertiary/aromatic N) is 4. The lowest BCUT2D eigenvalue weighted by molar-refractivity contribution is 0.459. The van der Waals surface area contributed by atoms with Crippen LogP contribution in [0.25, 0.3) is 11.4 Å². The first kappa shape index (κ1) is 22.4. The van der Waals surface area contributed by atoms with E-state index >= 15 is 0 Å². The van der Waals surface area contributed by atoms with Crippen molar-refractivity contribution in [3.63, 3.8) is 0 Å². The summed E-state index contributed by atoms with van der Waals surface area (Å²) in [6.45, 7) is 6.78. The van der Waals surface area contributed by atoms with E-state index in [1.807, 2.05) is 47.3 Å². The minimum Gasteiger partial charge on any atom is -0.240 e. The monoisotopic (exact) mass is 474 g/mol. The van der Waals surface area contributed by atoms with Crippen LogP contribution in [0.1, 0.15) is 63.5 Å². The van der Waals surface area contributed by atoms with E-state index in [2.05, 4.69) is 62.3 Å². The summed E-state index contributed by atoms with van der Waals surface area (Å²) in [5.41, 5.74) is 5.01. The Balaban J connectivity index is 1.61. The molecule has 0 bridgehead atoms. The molecule has 2 heterocycles. The molecule has 0 saturated heterocycles. The zero-order valence-electron chi connectivity index (χ0n) is 19.4. The predicted octanol–water partition coefficient (Wildman–Crippen LogP) is 6.79. The topological polar surface area (TPSA) is 35.6 Å². The Labute approximate surface area is 206 Å². The second-order valence-corrected chi connectivity index (χ2v) is 10.8. The van der Waals surface area contributed by atoms with Crippen molar-refractivity contribution >= 4 is 25.3 Å². The van der Waals surface area contributed by atoms with Crippen LogP contribution in [0.2, 0.25) is 0 Å². The van der Waals surface area contributed by atoms with Crippen LogP contribution >= 0.6 is 25.3 Å². The highest BCUT2D eigenvalue weighted by Crippen LogP contribution is 2.43. The van der Waals surface area contributed by atoms with Crippen molar-refractivity contribution in [2.24, 2.45) is 0 Å². The Morgan fingerprint density at radius 2 is 1.42 bits per heavy atom. The van der Waals surface area contributed by atoms with E-state index in [-0.39, 0.29) is 10.8 Å². The van der Waals surface area contributed by atoms with E-state index in [0.717, 1.165) is 32.6 Å². The third kappa shape index (κ3) is 3.93. The second-order valence-electron chi connectivity index (χ2n) is 9.84. The quantitative estimate of drug-likeness (QED) is 0.312. The molecule has 1 fully saturated rings. The molecule has 2 aromatic heterocycles. The van der Waals surface area contributed by atoms with Crippen LogP contribution in [0.3, 0.4) is 0 Å². The summed E-state index contributed by atoms with van der Waals surface area (Å²) in [5, 5.41) is 10.1. The van der Waals surface area contributed by atoms with Crippen LogP contribution in [0.15, 0.2) is 76.7 Å². The molecule has 5 rings (SSSR count). The SMILES string of the molecule is CC1(c2cc(C(C)(C)c3ccn(-c4ccccc4S)n3)nn2-c2ccccc2S)CCCC1. The maximum Gasteiger partial charge on any atom is 0.0782 e. The molecule has 4 nitrogen and oxygen atoms in total. The normalized spacial score (nSPS) is 15.8. The van der Waals surface area contributed by atoms with Gasteiger partial charge in [0, 0.05) is 21.4 Å². The van der Waals surface area contributed by atoms with Crippen molar-refractivity contribution in [2.45, 2.75) is 67.1 Å². The van der Waals surface area contributed by atoms with Crippen molar-refractivity contribution in [1.29, 1.82) is 0 Å². The highest BCUT2D eigenvalue weighted by molar-refractivity contribution is 7.80. The van der Waals surface area contributed by atoms with Crippen molar-refractivity contribution in [3.8, 4) is 11.4 Å². The molecule has 0 amide bonds. The van der Waals surface area contributed by atoms with Gasteiger partial charge in [-0.2, -0.15) is 10.2 Å². The Bertz CT molecular complexity index is 1290. The average Bonchev–Trinajstić information content (AvgIpc) is 3.55. The van der Waals surface area contributed by atoms with Crippen LogP contribution in [-0.4, -0.2) is 19.6 Å². The Morgan fingerprint density at radius 1 is 0.818 bits per heavy atom. The molecule has 0 N–H and O–H groups in total. The molecule has 1 aliphatic carbocycles. The molecule has 170 valence electrons. The van der Waals surface area contributed by atoms with Gasteiger partial charge in [0.15, 0.2) is 0 Å². The Hall–Kier alpha value is -2.44. The molecule has 0 spiro atoms. The van der Waals surface area contributed by atoms with Gasteiger partial charge in [-0.25, -0.2) is 9.36 Å². The first-order valence-corrected chi connectivity index (χ1v) is 12.4. The summed E-state index contributed by atoms with van der Waals surface area (Å²) >= 11 is 9.35. The molecule has 0 radical (unpaired) electrons. The van der Waals surface area contributed by atoms with Crippen LogP contribution < -0.4 is 0 Å². The van der Waals surface area contributed by atoms with E-state index < -0.39 is 0 Å². The van der Waals surface area contributed by atoms with Gasteiger partial charge in [0.2, 0.25) is 0 Å². The van der Waals surface area contributed by atoms with Gasteiger partial charge in [-0.3, -0.25) is 0 Å². The van der Waals surface area contributed by atoms with Crippen molar-refractivity contribution in [3.05, 3.63) is 83.9 Å². The van der Waals surface area contributed by atoms with E-state index in [9.17, 15) is 0 Å². The van der Waals surface area contributed by atoms with Crippen LogP contribution in [0.5, 0.6) is 0 Å². The summed E-state index contributed by atoms with van der Waals surface area (Å²) in [7, 11) is 0. The van der Waals surface area contributed by atoms with Crippen molar-refractivity contribution in [2.75, 3.05) is 0 Å². The third-order valence-electron chi connectivity index (χ3n) is 7.14. The van der Waals surface area contributed by atoms with Gasteiger partial charge in [0.25, 0.3) is 0 Å². The highest BCUT2D eigenvalue weighted by atomic mass is 32.1. The highest BCUT2D eigenvalue weighted by Gasteiger charge is 2.38. The number of para-hydroxylation sites is 2. The summed E-state index contributed by atoms with van der Waals surface area (Å²) in [6.07, 6.45) is 6.89. The summed E-state index contributed by atoms with van der Waals surface area (Å²) in [6, 6.07) is 20.6. The van der Waals surface area contributed by atoms with Gasteiger partial charge in [-0.1, -0.05) is 44.0 Å². The lowest BCUT2D eigenvalue weighted by Gasteiger charge is -2.25. The average molecular weight is 475 g/mol. The van der Waals surface area contributed by atoms with Crippen LogP contribution in [0, 0.1) is 0 Å². The fourth-order valence-electron chi connectivity index (χ4n) is 4.94. The van der Waals surface area contributed by atoms with Gasteiger partial charge in [0.1, 0.15) is 0 Å². The molecule has 33 heavy (non-hydrogen) atoms. The fourth-order valence-corrected chi connectivity index (χ4v) is 5.45. The first-order chi connectivity index (χ1) is 15.8. The molecule has 4 aromatic rings. The number of aromatic nitrogens is 4. The molecular weight excluding hydrogens is 444 g/mol. The number of hydrogen-bond acceptors (Lipinski definition) is 4. The van der Waals surface area contributed by atoms with Gasteiger partial charge in [0.05, 0.1) is 33.9 Å². The lowest BCUT2D eigenvalue weighted by Crippen LogP contribution is -2.21. The summed E-state index contributed by atoms with van der Waals surface area (Å²) < 4.78 is 4.03. The van der Waals surface area contributed by atoms with Gasteiger partial charge < -0.3 is 0 Å². The molecule has 6 heteroatoms. The van der Waals surface area contributed by atoms with Crippen LogP contribution in [0.4, 0.5) is 0 Å². The predicted molar refractivity (Wildman–Crippen MR) is 140 cm³/mol. The molecular formula is C27H30N4S2. The largest absolute Gasteiger partial charge is 0.240 e. The molecule has 1 saturated carbocycles. The maximum absolute atomic E-state index is 5.18. The minimum absolute atomic E-state index is 0.113. The molecule has 2 aromatic carbocycles. The zero-order chi connectivity index (χ0) is 23.2. The first-order valence-electron chi connectivity index (χ1n) is 11.5. The summed E-state index contributed by atoms with van der Waals surface area (Å²) in [5.74, 6) is 0. The Kier molecular flexibility index (Phi) is 5.69. The summed E-state index contributed by atoms with van der Waals surface area (Å²) in [4.78, 5) is 1.83. The Morgan fingerprint density at radius 3 is 2.06 bits per heavy atom.